The van der Waals surface area contributed by atoms with Gasteiger partial charge in [0.15, 0.2) is 0 Å². The lowest BCUT2D eigenvalue weighted by Crippen LogP contribution is -2.13. The molecule has 0 aliphatic rings. The van der Waals surface area contributed by atoms with Crippen LogP contribution in [0, 0.1) is 18.3 Å². The Balaban J connectivity index is 1.65. The SMILES string of the molecule is Cc1ccc(NC(=O)/C(C#N)=C/c2ccc(OCc3ccc(Cl)cc3Cl)cc2)cc1. The Morgan fingerprint density at radius 3 is 2.40 bits per heavy atom. The number of nitriles is 1. The van der Waals surface area contributed by atoms with E-state index < -0.39 is 5.91 Å². The molecule has 1 N–H and O–H groups in total. The third-order valence-electron chi connectivity index (χ3n) is 4.28. The lowest BCUT2D eigenvalue weighted by atomic mass is 10.1. The van der Waals surface area contributed by atoms with Crippen molar-refractivity contribution in [3.8, 4) is 11.8 Å². The highest BCUT2D eigenvalue weighted by Crippen LogP contribution is 2.23. The number of nitrogens with zero attached hydrogens (tertiary/aromatic N) is 1. The summed E-state index contributed by atoms with van der Waals surface area (Å²) in [5.74, 6) is 0.180. The minimum absolute atomic E-state index is 0.0113. The summed E-state index contributed by atoms with van der Waals surface area (Å²) in [6.07, 6.45) is 1.53. The summed E-state index contributed by atoms with van der Waals surface area (Å²) in [6.45, 7) is 2.26. The summed E-state index contributed by atoms with van der Waals surface area (Å²) in [4.78, 5) is 12.4. The van der Waals surface area contributed by atoms with Crippen LogP contribution in [0.15, 0.2) is 72.3 Å². The molecular weight excluding hydrogens is 419 g/mol. The molecule has 6 heteroatoms. The van der Waals surface area contributed by atoms with Crippen molar-refractivity contribution in [2.75, 3.05) is 5.32 Å². The van der Waals surface area contributed by atoms with Crippen LogP contribution < -0.4 is 10.1 Å². The predicted octanol–water partition coefficient (Wildman–Crippen LogP) is 6.43. The van der Waals surface area contributed by atoms with Gasteiger partial charge in [-0.2, -0.15) is 5.26 Å². The van der Waals surface area contributed by atoms with Gasteiger partial charge in [-0.05, 0) is 55.0 Å². The molecule has 0 unspecified atom stereocenters. The van der Waals surface area contributed by atoms with Gasteiger partial charge in [0.2, 0.25) is 0 Å². The van der Waals surface area contributed by atoms with Crippen molar-refractivity contribution in [3.05, 3.63) is 99.0 Å². The number of amides is 1. The zero-order valence-corrected chi connectivity index (χ0v) is 17.7. The van der Waals surface area contributed by atoms with Crippen LogP contribution in [0.25, 0.3) is 6.08 Å². The number of aryl methyl sites for hydroxylation is 1. The van der Waals surface area contributed by atoms with Crippen molar-refractivity contribution in [2.24, 2.45) is 0 Å². The fourth-order valence-corrected chi connectivity index (χ4v) is 3.07. The molecule has 0 heterocycles. The smallest absolute Gasteiger partial charge is 0.266 e. The number of benzene rings is 3. The molecule has 0 aromatic heterocycles. The van der Waals surface area contributed by atoms with Crippen LogP contribution in [0.5, 0.6) is 5.75 Å². The van der Waals surface area contributed by atoms with Crippen LogP contribution in [0.3, 0.4) is 0 Å². The number of hydrogen-bond acceptors (Lipinski definition) is 3. The second-order valence-corrected chi connectivity index (χ2v) is 7.43. The first kappa shape index (κ1) is 21.4. The van der Waals surface area contributed by atoms with Gasteiger partial charge in [-0.15, -0.1) is 0 Å². The minimum atomic E-state index is -0.459. The topological polar surface area (TPSA) is 62.1 Å². The van der Waals surface area contributed by atoms with Gasteiger partial charge >= 0.3 is 0 Å². The van der Waals surface area contributed by atoms with E-state index in [0.717, 1.165) is 11.1 Å². The standard InChI is InChI=1S/C24H18Cl2N2O2/c1-16-2-8-21(9-3-16)28-24(29)19(14-27)12-17-4-10-22(11-5-17)30-15-18-6-7-20(25)13-23(18)26/h2-13H,15H2,1H3,(H,28,29)/b19-12+. The van der Waals surface area contributed by atoms with Crippen LogP contribution >= 0.6 is 23.2 Å². The average molecular weight is 437 g/mol. The van der Waals surface area contributed by atoms with E-state index in [0.29, 0.717) is 33.7 Å². The van der Waals surface area contributed by atoms with Crippen LogP contribution in [0.2, 0.25) is 10.0 Å². The normalized spacial score (nSPS) is 10.9. The van der Waals surface area contributed by atoms with Crippen molar-refractivity contribution < 1.29 is 9.53 Å². The van der Waals surface area contributed by atoms with Crippen molar-refractivity contribution in [1.29, 1.82) is 5.26 Å². The molecule has 0 atom stereocenters. The van der Waals surface area contributed by atoms with Crippen LogP contribution in [0.1, 0.15) is 16.7 Å². The van der Waals surface area contributed by atoms with Crippen molar-refractivity contribution in [3.63, 3.8) is 0 Å². The maximum absolute atomic E-state index is 12.4. The Morgan fingerprint density at radius 2 is 1.77 bits per heavy atom. The first-order valence-electron chi connectivity index (χ1n) is 9.11. The molecule has 0 radical (unpaired) electrons. The molecule has 0 bridgehead atoms. The van der Waals surface area contributed by atoms with Gasteiger partial charge in [0, 0.05) is 21.3 Å². The van der Waals surface area contributed by atoms with Gasteiger partial charge in [0.05, 0.1) is 0 Å². The summed E-state index contributed by atoms with van der Waals surface area (Å²) < 4.78 is 5.74. The average Bonchev–Trinajstić information content (AvgIpc) is 2.74. The van der Waals surface area contributed by atoms with E-state index in [2.05, 4.69) is 5.32 Å². The molecule has 3 aromatic rings. The number of halogens is 2. The molecule has 0 saturated heterocycles. The Bertz CT molecular complexity index is 1120. The third-order valence-corrected chi connectivity index (χ3v) is 4.86. The number of anilines is 1. The van der Waals surface area contributed by atoms with E-state index in [1.807, 2.05) is 31.2 Å². The van der Waals surface area contributed by atoms with Gasteiger partial charge in [-0.1, -0.05) is 59.1 Å². The molecule has 0 spiro atoms. The molecule has 0 fully saturated rings. The Morgan fingerprint density at radius 1 is 1.07 bits per heavy atom. The highest BCUT2D eigenvalue weighted by molar-refractivity contribution is 6.35. The van der Waals surface area contributed by atoms with Crippen molar-refractivity contribution in [2.45, 2.75) is 13.5 Å². The van der Waals surface area contributed by atoms with E-state index in [1.54, 1.807) is 48.5 Å². The lowest BCUT2D eigenvalue weighted by molar-refractivity contribution is -0.112. The van der Waals surface area contributed by atoms with Gasteiger partial charge in [0.1, 0.15) is 24.0 Å². The van der Waals surface area contributed by atoms with E-state index in [4.69, 9.17) is 27.9 Å². The highest BCUT2D eigenvalue weighted by Gasteiger charge is 2.10. The van der Waals surface area contributed by atoms with Gasteiger partial charge in [-0.3, -0.25) is 4.79 Å². The summed E-state index contributed by atoms with van der Waals surface area (Å²) in [6, 6.07) is 21.6. The fraction of sp³-hybridized carbons (Fsp3) is 0.0833. The Hall–Kier alpha value is -3.26. The number of ether oxygens (including phenoxy) is 1. The maximum atomic E-state index is 12.4. The Labute approximate surface area is 185 Å². The molecule has 0 aliphatic carbocycles. The van der Waals surface area contributed by atoms with E-state index in [1.165, 1.54) is 6.08 Å². The van der Waals surface area contributed by atoms with Crippen LogP contribution in [-0.4, -0.2) is 5.91 Å². The second kappa shape index (κ2) is 9.98. The number of rotatable bonds is 6. The number of carbonyl (C=O) groups excluding carboxylic acids is 1. The molecule has 0 saturated carbocycles. The molecule has 150 valence electrons. The van der Waals surface area contributed by atoms with Gasteiger partial charge in [-0.25, -0.2) is 0 Å². The first-order chi connectivity index (χ1) is 14.4. The van der Waals surface area contributed by atoms with Gasteiger partial charge in [0.25, 0.3) is 5.91 Å². The molecular formula is C24H18Cl2N2O2. The minimum Gasteiger partial charge on any atom is -0.489 e. The van der Waals surface area contributed by atoms with Gasteiger partial charge < -0.3 is 10.1 Å². The molecule has 3 aromatic carbocycles. The number of carbonyl (C=O) groups is 1. The van der Waals surface area contributed by atoms with Crippen LogP contribution in [-0.2, 0) is 11.4 Å². The van der Waals surface area contributed by atoms with E-state index >= 15 is 0 Å². The van der Waals surface area contributed by atoms with E-state index in [9.17, 15) is 10.1 Å². The number of nitrogens with one attached hydrogen (secondary N) is 1. The summed E-state index contributed by atoms with van der Waals surface area (Å²) in [5, 5.41) is 13.2. The largest absolute Gasteiger partial charge is 0.489 e. The first-order valence-corrected chi connectivity index (χ1v) is 9.87. The highest BCUT2D eigenvalue weighted by atomic mass is 35.5. The van der Waals surface area contributed by atoms with Crippen molar-refractivity contribution in [1.82, 2.24) is 0 Å². The number of hydrogen-bond donors (Lipinski definition) is 1. The fourth-order valence-electron chi connectivity index (χ4n) is 2.61. The quantitative estimate of drug-likeness (QED) is 0.357. The van der Waals surface area contributed by atoms with Crippen molar-refractivity contribution >= 4 is 40.9 Å². The zero-order valence-electron chi connectivity index (χ0n) is 16.2. The summed E-state index contributed by atoms with van der Waals surface area (Å²) in [5.41, 5.74) is 3.27. The maximum Gasteiger partial charge on any atom is 0.266 e. The molecule has 1 amide bonds. The summed E-state index contributed by atoms with van der Waals surface area (Å²) >= 11 is 12.0. The predicted molar refractivity (Wildman–Crippen MR) is 121 cm³/mol. The Kier molecular flexibility index (Phi) is 7.13. The molecule has 4 nitrogen and oxygen atoms in total. The second-order valence-electron chi connectivity index (χ2n) is 6.58. The third kappa shape index (κ3) is 5.87. The molecule has 3 rings (SSSR count). The molecule has 30 heavy (non-hydrogen) atoms. The van der Waals surface area contributed by atoms with E-state index in [-0.39, 0.29) is 5.57 Å². The zero-order chi connectivity index (χ0) is 21.5. The molecule has 0 aliphatic heterocycles. The monoisotopic (exact) mass is 436 g/mol. The lowest BCUT2D eigenvalue weighted by Gasteiger charge is -2.08. The summed E-state index contributed by atoms with van der Waals surface area (Å²) in [7, 11) is 0. The van der Waals surface area contributed by atoms with Crippen LogP contribution in [0.4, 0.5) is 5.69 Å².